The zero-order valence-electron chi connectivity index (χ0n) is 12.4. The summed E-state index contributed by atoms with van der Waals surface area (Å²) in [4.78, 5) is 7.33. The molecule has 1 saturated heterocycles. The van der Waals surface area contributed by atoms with E-state index in [1.54, 1.807) is 0 Å². The summed E-state index contributed by atoms with van der Waals surface area (Å²) in [5.41, 5.74) is 2.69. The molecule has 106 valence electrons. The normalized spacial score (nSPS) is 15.8. The molecule has 0 saturated carbocycles. The maximum atomic E-state index is 4.89. The van der Waals surface area contributed by atoms with Crippen molar-refractivity contribution in [3.05, 3.63) is 23.4 Å². The van der Waals surface area contributed by atoms with Crippen LogP contribution in [0.1, 0.15) is 44.4 Å². The summed E-state index contributed by atoms with van der Waals surface area (Å²) >= 11 is 0. The number of anilines is 1. The maximum Gasteiger partial charge on any atom is 0.128 e. The van der Waals surface area contributed by atoms with Crippen molar-refractivity contribution in [1.82, 2.24) is 10.3 Å². The van der Waals surface area contributed by atoms with Gasteiger partial charge in [0.2, 0.25) is 0 Å². The second-order valence-corrected chi connectivity index (χ2v) is 5.28. The molecule has 1 aromatic heterocycles. The number of pyridine rings is 1. The molecule has 1 N–H and O–H groups in total. The molecule has 0 radical (unpaired) electrons. The molecule has 0 spiro atoms. The summed E-state index contributed by atoms with van der Waals surface area (Å²) < 4.78 is 0. The van der Waals surface area contributed by atoms with Gasteiger partial charge < -0.3 is 10.2 Å². The minimum Gasteiger partial charge on any atom is -0.357 e. The van der Waals surface area contributed by atoms with E-state index in [1.807, 2.05) is 0 Å². The van der Waals surface area contributed by atoms with Crippen molar-refractivity contribution in [2.24, 2.45) is 0 Å². The average Bonchev–Trinajstić information content (AvgIpc) is 2.48. The highest BCUT2D eigenvalue weighted by Gasteiger charge is 2.13. The van der Waals surface area contributed by atoms with E-state index in [0.29, 0.717) is 0 Å². The number of aryl methyl sites for hydroxylation is 1. The van der Waals surface area contributed by atoms with Gasteiger partial charge in [-0.2, -0.15) is 0 Å². The van der Waals surface area contributed by atoms with Crippen molar-refractivity contribution in [1.29, 1.82) is 0 Å². The van der Waals surface area contributed by atoms with Gasteiger partial charge in [-0.05, 0) is 56.8 Å². The number of nitrogens with zero attached hydrogens (tertiary/aromatic N) is 2. The lowest BCUT2D eigenvalue weighted by Gasteiger charge is -2.28. The second-order valence-electron chi connectivity index (χ2n) is 5.28. The molecule has 1 aliphatic rings. The fourth-order valence-electron chi connectivity index (χ4n) is 2.75. The molecule has 0 aromatic carbocycles. The van der Waals surface area contributed by atoms with E-state index >= 15 is 0 Å². The summed E-state index contributed by atoms with van der Waals surface area (Å²) in [7, 11) is 0. The Morgan fingerprint density at radius 2 is 1.95 bits per heavy atom. The van der Waals surface area contributed by atoms with E-state index in [0.717, 1.165) is 25.9 Å². The standard InChI is InChI=1S/C16H27N3/c1-3-15-14(10-11-17-4-2)8-9-16(18-15)19-12-6-5-7-13-19/h8-9,17H,3-7,10-13H2,1-2H3. The zero-order valence-corrected chi connectivity index (χ0v) is 12.4. The van der Waals surface area contributed by atoms with Gasteiger partial charge in [-0.15, -0.1) is 0 Å². The predicted octanol–water partition coefficient (Wildman–Crippen LogP) is 2.79. The fraction of sp³-hybridized carbons (Fsp3) is 0.688. The van der Waals surface area contributed by atoms with Gasteiger partial charge in [-0.25, -0.2) is 4.98 Å². The molecule has 0 bridgehead atoms. The third kappa shape index (κ3) is 3.93. The first-order valence-corrected chi connectivity index (χ1v) is 7.79. The van der Waals surface area contributed by atoms with Gasteiger partial charge in [-0.1, -0.05) is 19.9 Å². The number of aromatic nitrogens is 1. The van der Waals surface area contributed by atoms with Crippen LogP contribution in [-0.4, -0.2) is 31.2 Å². The van der Waals surface area contributed by atoms with E-state index in [2.05, 4.69) is 36.2 Å². The zero-order chi connectivity index (χ0) is 13.5. The van der Waals surface area contributed by atoms with Crippen LogP contribution in [-0.2, 0) is 12.8 Å². The van der Waals surface area contributed by atoms with Crippen LogP contribution in [0.25, 0.3) is 0 Å². The smallest absolute Gasteiger partial charge is 0.128 e. The molecule has 0 atom stereocenters. The first-order valence-electron chi connectivity index (χ1n) is 7.79. The third-order valence-electron chi connectivity index (χ3n) is 3.89. The van der Waals surface area contributed by atoms with E-state index in [-0.39, 0.29) is 0 Å². The quantitative estimate of drug-likeness (QED) is 0.798. The van der Waals surface area contributed by atoms with Crippen LogP contribution < -0.4 is 10.2 Å². The first-order chi connectivity index (χ1) is 9.35. The van der Waals surface area contributed by atoms with Crippen molar-refractivity contribution >= 4 is 5.82 Å². The lowest BCUT2D eigenvalue weighted by Crippen LogP contribution is -2.30. The van der Waals surface area contributed by atoms with E-state index < -0.39 is 0 Å². The van der Waals surface area contributed by atoms with Gasteiger partial charge in [0.25, 0.3) is 0 Å². The molecular formula is C16H27N3. The second kappa shape index (κ2) is 7.49. The topological polar surface area (TPSA) is 28.2 Å². The van der Waals surface area contributed by atoms with Crippen molar-refractivity contribution in [3.8, 4) is 0 Å². The van der Waals surface area contributed by atoms with Crippen molar-refractivity contribution in [3.63, 3.8) is 0 Å². The number of likely N-dealkylation sites (N-methyl/N-ethyl adjacent to an activating group) is 1. The molecule has 3 nitrogen and oxygen atoms in total. The lowest BCUT2D eigenvalue weighted by molar-refractivity contribution is 0.572. The molecule has 1 aliphatic heterocycles. The molecule has 3 heteroatoms. The Labute approximate surface area is 117 Å². The summed E-state index contributed by atoms with van der Waals surface area (Å²) in [6.07, 6.45) is 6.11. The maximum absolute atomic E-state index is 4.89. The molecule has 0 unspecified atom stereocenters. The Bertz CT molecular complexity index is 384. The van der Waals surface area contributed by atoms with E-state index in [9.17, 15) is 0 Å². The largest absolute Gasteiger partial charge is 0.357 e. The fourth-order valence-corrected chi connectivity index (χ4v) is 2.75. The first kappa shape index (κ1) is 14.3. The number of nitrogens with one attached hydrogen (secondary N) is 1. The van der Waals surface area contributed by atoms with Crippen LogP contribution >= 0.6 is 0 Å². The number of hydrogen-bond acceptors (Lipinski definition) is 3. The Balaban J connectivity index is 2.06. The Morgan fingerprint density at radius 1 is 1.16 bits per heavy atom. The van der Waals surface area contributed by atoms with Crippen LogP contribution in [0.2, 0.25) is 0 Å². The van der Waals surface area contributed by atoms with Gasteiger partial charge in [-0.3, -0.25) is 0 Å². The molecule has 19 heavy (non-hydrogen) atoms. The Hall–Kier alpha value is -1.09. The summed E-state index contributed by atoms with van der Waals surface area (Å²) in [5, 5.41) is 3.39. The van der Waals surface area contributed by atoms with Gasteiger partial charge in [0, 0.05) is 18.8 Å². The van der Waals surface area contributed by atoms with Gasteiger partial charge >= 0.3 is 0 Å². The van der Waals surface area contributed by atoms with Gasteiger partial charge in [0.15, 0.2) is 0 Å². The Kier molecular flexibility index (Phi) is 5.64. The van der Waals surface area contributed by atoms with E-state index in [4.69, 9.17) is 4.98 Å². The molecule has 1 fully saturated rings. The lowest BCUT2D eigenvalue weighted by atomic mass is 10.1. The summed E-state index contributed by atoms with van der Waals surface area (Å²) in [5.74, 6) is 1.18. The van der Waals surface area contributed by atoms with Crippen LogP contribution in [0.3, 0.4) is 0 Å². The van der Waals surface area contributed by atoms with Gasteiger partial charge in [0.1, 0.15) is 5.82 Å². The Morgan fingerprint density at radius 3 is 2.63 bits per heavy atom. The van der Waals surface area contributed by atoms with Crippen LogP contribution in [0.5, 0.6) is 0 Å². The molecular weight excluding hydrogens is 234 g/mol. The highest BCUT2D eigenvalue weighted by molar-refractivity contribution is 5.42. The minimum absolute atomic E-state index is 1.03. The van der Waals surface area contributed by atoms with E-state index in [1.165, 1.54) is 49.4 Å². The number of rotatable bonds is 6. The highest BCUT2D eigenvalue weighted by atomic mass is 15.2. The highest BCUT2D eigenvalue weighted by Crippen LogP contribution is 2.20. The minimum atomic E-state index is 1.03. The molecule has 2 rings (SSSR count). The third-order valence-corrected chi connectivity index (χ3v) is 3.89. The molecule has 1 aromatic rings. The van der Waals surface area contributed by atoms with Crippen molar-refractivity contribution in [2.75, 3.05) is 31.1 Å². The van der Waals surface area contributed by atoms with Gasteiger partial charge in [0.05, 0.1) is 0 Å². The number of piperidine rings is 1. The van der Waals surface area contributed by atoms with Crippen LogP contribution in [0.4, 0.5) is 5.82 Å². The number of hydrogen-bond donors (Lipinski definition) is 1. The molecule has 2 heterocycles. The molecule has 0 aliphatic carbocycles. The predicted molar refractivity (Wildman–Crippen MR) is 81.9 cm³/mol. The van der Waals surface area contributed by atoms with Crippen molar-refractivity contribution < 1.29 is 0 Å². The molecule has 0 amide bonds. The van der Waals surface area contributed by atoms with Crippen LogP contribution in [0.15, 0.2) is 12.1 Å². The summed E-state index contributed by atoms with van der Waals surface area (Å²) in [6, 6.07) is 4.50. The monoisotopic (exact) mass is 261 g/mol. The SMILES string of the molecule is CCNCCc1ccc(N2CCCCC2)nc1CC. The summed E-state index contributed by atoms with van der Waals surface area (Å²) in [6.45, 7) is 8.80. The van der Waals surface area contributed by atoms with Crippen molar-refractivity contribution in [2.45, 2.75) is 46.0 Å². The van der Waals surface area contributed by atoms with Crippen LogP contribution in [0, 0.1) is 0 Å². The average molecular weight is 261 g/mol.